The number of amides is 1. The molecule has 94 valence electrons. The van der Waals surface area contributed by atoms with Crippen LogP contribution in [0.2, 0.25) is 0 Å². The van der Waals surface area contributed by atoms with Crippen molar-refractivity contribution >= 4 is 11.9 Å². The molecule has 0 unspecified atom stereocenters. The summed E-state index contributed by atoms with van der Waals surface area (Å²) in [4.78, 5) is 24.1. The molecule has 17 heavy (non-hydrogen) atoms. The van der Waals surface area contributed by atoms with Gasteiger partial charge in [-0.2, -0.15) is 0 Å². The Morgan fingerprint density at radius 1 is 1.47 bits per heavy atom. The molecular formula is C11H16N2O4. The molecule has 0 radical (unpaired) electrons. The van der Waals surface area contributed by atoms with Crippen LogP contribution >= 0.6 is 0 Å². The molecule has 6 heteroatoms. The van der Waals surface area contributed by atoms with Crippen LogP contribution < -0.4 is 5.32 Å². The van der Waals surface area contributed by atoms with Crippen molar-refractivity contribution in [3.05, 3.63) is 23.7 Å². The number of likely N-dealkylation sites (N-methyl/N-ethyl adjacent to an activating group) is 1. The molecule has 1 rings (SSSR count). The zero-order valence-electron chi connectivity index (χ0n) is 10.1. The number of methoxy groups -OCH3 is 1. The van der Waals surface area contributed by atoms with E-state index in [1.165, 1.54) is 18.3 Å². The van der Waals surface area contributed by atoms with Gasteiger partial charge in [0, 0.05) is 26.2 Å². The normalized spacial score (nSPS) is 10.1. The van der Waals surface area contributed by atoms with Crippen molar-refractivity contribution in [2.45, 2.75) is 6.54 Å². The highest BCUT2D eigenvalue weighted by atomic mass is 16.5. The Bertz CT molecular complexity index is 398. The van der Waals surface area contributed by atoms with Crippen LogP contribution in [0.15, 0.2) is 16.7 Å². The lowest BCUT2D eigenvalue weighted by Gasteiger charge is -2.10. The lowest BCUT2D eigenvalue weighted by Crippen LogP contribution is -2.32. The Labute approximate surface area is 99.5 Å². The van der Waals surface area contributed by atoms with Crippen LogP contribution in [0.25, 0.3) is 0 Å². The average Bonchev–Trinajstić information content (AvgIpc) is 2.76. The first kappa shape index (κ1) is 13.2. The molecule has 0 aromatic carbocycles. The van der Waals surface area contributed by atoms with Crippen molar-refractivity contribution in [3.8, 4) is 0 Å². The van der Waals surface area contributed by atoms with E-state index < -0.39 is 5.97 Å². The van der Waals surface area contributed by atoms with Crippen molar-refractivity contribution in [2.24, 2.45) is 0 Å². The molecule has 0 aliphatic rings. The third-order valence-corrected chi connectivity index (χ3v) is 2.21. The summed E-state index contributed by atoms with van der Waals surface area (Å²) >= 11 is 0. The quantitative estimate of drug-likeness (QED) is 0.747. The molecule has 0 bridgehead atoms. The van der Waals surface area contributed by atoms with Gasteiger partial charge in [0.1, 0.15) is 0 Å². The standard InChI is InChI=1S/C11H16N2O4/c1-13(2)9(14)7-12-6-8-4-5-17-10(8)11(15)16-3/h4-5,12H,6-7H2,1-3H3. The first-order chi connectivity index (χ1) is 8.06. The van der Waals surface area contributed by atoms with Gasteiger partial charge in [0.05, 0.1) is 19.9 Å². The van der Waals surface area contributed by atoms with Crippen LogP contribution in [0.3, 0.4) is 0 Å². The van der Waals surface area contributed by atoms with Gasteiger partial charge in [0.15, 0.2) is 0 Å². The molecule has 0 saturated carbocycles. The van der Waals surface area contributed by atoms with Crippen LogP contribution in [-0.4, -0.2) is 44.5 Å². The van der Waals surface area contributed by atoms with E-state index in [2.05, 4.69) is 10.1 Å². The molecule has 0 aliphatic carbocycles. The molecule has 1 aromatic heterocycles. The average molecular weight is 240 g/mol. The first-order valence-corrected chi connectivity index (χ1v) is 5.11. The summed E-state index contributed by atoms with van der Waals surface area (Å²) in [6.45, 7) is 0.583. The van der Waals surface area contributed by atoms with Gasteiger partial charge in [-0.3, -0.25) is 4.79 Å². The van der Waals surface area contributed by atoms with Crippen molar-refractivity contribution in [3.63, 3.8) is 0 Å². The molecule has 0 spiro atoms. The molecule has 1 heterocycles. The SMILES string of the molecule is COC(=O)c1occc1CNCC(=O)N(C)C. The molecule has 1 amide bonds. The predicted molar refractivity (Wildman–Crippen MR) is 60.4 cm³/mol. The van der Waals surface area contributed by atoms with E-state index in [0.29, 0.717) is 12.1 Å². The van der Waals surface area contributed by atoms with Gasteiger partial charge >= 0.3 is 5.97 Å². The Morgan fingerprint density at radius 3 is 2.76 bits per heavy atom. The third-order valence-electron chi connectivity index (χ3n) is 2.21. The fraction of sp³-hybridized carbons (Fsp3) is 0.455. The van der Waals surface area contributed by atoms with Gasteiger partial charge in [0.2, 0.25) is 11.7 Å². The summed E-state index contributed by atoms with van der Waals surface area (Å²) in [5.74, 6) is -0.392. The van der Waals surface area contributed by atoms with Crippen molar-refractivity contribution in [2.75, 3.05) is 27.7 Å². The second-order valence-corrected chi connectivity index (χ2v) is 3.66. The number of hydrogen-bond acceptors (Lipinski definition) is 5. The lowest BCUT2D eigenvalue weighted by molar-refractivity contribution is -0.127. The summed E-state index contributed by atoms with van der Waals surface area (Å²) in [6, 6.07) is 1.67. The number of ether oxygens (including phenoxy) is 1. The Hall–Kier alpha value is -1.82. The highest BCUT2D eigenvalue weighted by molar-refractivity contribution is 5.87. The van der Waals surface area contributed by atoms with Gasteiger partial charge < -0.3 is 19.4 Å². The van der Waals surface area contributed by atoms with E-state index in [1.807, 2.05) is 0 Å². The summed E-state index contributed by atoms with van der Waals surface area (Å²) < 4.78 is 9.58. The molecule has 1 aromatic rings. The molecule has 1 N–H and O–H groups in total. The van der Waals surface area contributed by atoms with Crippen LogP contribution in [0.5, 0.6) is 0 Å². The number of carbonyl (C=O) groups is 2. The minimum Gasteiger partial charge on any atom is -0.463 e. The summed E-state index contributed by atoms with van der Waals surface area (Å²) in [6.07, 6.45) is 1.41. The van der Waals surface area contributed by atoms with E-state index in [9.17, 15) is 9.59 Å². The number of nitrogens with zero attached hydrogens (tertiary/aromatic N) is 1. The summed E-state index contributed by atoms with van der Waals surface area (Å²) in [5.41, 5.74) is 0.670. The lowest BCUT2D eigenvalue weighted by atomic mass is 10.2. The second kappa shape index (κ2) is 6.05. The zero-order chi connectivity index (χ0) is 12.8. The Kier molecular flexibility index (Phi) is 4.71. The van der Waals surface area contributed by atoms with Crippen LogP contribution in [0.1, 0.15) is 16.1 Å². The molecule has 0 atom stereocenters. The highest BCUT2D eigenvalue weighted by Crippen LogP contribution is 2.11. The molecule has 0 fully saturated rings. The van der Waals surface area contributed by atoms with E-state index in [0.717, 1.165) is 0 Å². The third kappa shape index (κ3) is 3.60. The Morgan fingerprint density at radius 2 is 2.18 bits per heavy atom. The summed E-state index contributed by atoms with van der Waals surface area (Å²) in [7, 11) is 4.65. The fourth-order valence-corrected chi connectivity index (χ4v) is 1.21. The van der Waals surface area contributed by atoms with Gasteiger partial charge in [-0.15, -0.1) is 0 Å². The van der Waals surface area contributed by atoms with Crippen molar-refractivity contribution < 1.29 is 18.7 Å². The minimum atomic E-state index is -0.522. The van der Waals surface area contributed by atoms with E-state index >= 15 is 0 Å². The number of hydrogen-bond donors (Lipinski definition) is 1. The molecule has 0 saturated heterocycles. The smallest absolute Gasteiger partial charge is 0.374 e. The van der Waals surface area contributed by atoms with Gasteiger partial charge in [-0.25, -0.2) is 4.79 Å². The second-order valence-electron chi connectivity index (χ2n) is 3.66. The van der Waals surface area contributed by atoms with Gasteiger partial charge in [-0.1, -0.05) is 0 Å². The monoisotopic (exact) mass is 240 g/mol. The predicted octanol–water partition coefficient (Wildman–Crippen LogP) is 0.244. The van der Waals surface area contributed by atoms with E-state index in [4.69, 9.17) is 4.42 Å². The van der Waals surface area contributed by atoms with Crippen molar-refractivity contribution in [1.29, 1.82) is 0 Å². The van der Waals surface area contributed by atoms with Gasteiger partial charge in [-0.05, 0) is 6.07 Å². The van der Waals surface area contributed by atoms with Crippen molar-refractivity contribution in [1.82, 2.24) is 10.2 Å². The maximum absolute atomic E-state index is 11.3. The number of esters is 1. The number of furan rings is 1. The maximum Gasteiger partial charge on any atom is 0.374 e. The largest absolute Gasteiger partial charge is 0.463 e. The van der Waals surface area contributed by atoms with E-state index in [-0.39, 0.29) is 18.2 Å². The fourth-order valence-electron chi connectivity index (χ4n) is 1.21. The van der Waals surface area contributed by atoms with E-state index in [1.54, 1.807) is 20.2 Å². The molecular weight excluding hydrogens is 224 g/mol. The van der Waals surface area contributed by atoms with Gasteiger partial charge in [0.25, 0.3) is 0 Å². The molecule has 0 aliphatic heterocycles. The number of nitrogens with one attached hydrogen (secondary N) is 1. The van der Waals surface area contributed by atoms with Crippen LogP contribution in [0.4, 0.5) is 0 Å². The number of rotatable bonds is 5. The van der Waals surface area contributed by atoms with Crippen LogP contribution in [0, 0.1) is 0 Å². The van der Waals surface area contributed by atoms with Crippen LogP contribution in [-0.2, 0) is 16.1 Å². The maximum atomic E-state index is 11.3. The Balaban J connectivity index is 2.50. The topological polar surface area (TPSA) is 71.8 Å². The summed E-state index contributed by atoms with van der Waals surface area (Å²) in [5, 5.41) is 2.93. The molecule has 6 nitrogen and oxygen atoms in total. The minimum absolute atomic E-state index is 0.0342. The zero-order valence-corrected chi connectivity index (χ0v) is 10.1. The highest BCUT2D eigenvalue weighted by Gasteiger charge is 2.15. The number of carbonyl (C=O) groups excluding carboxylic acids is 2. The first-order valence-electron chi connectivity index (χ1n) is 5.11.